The molecular formula is C20H31N3O. The van der Waals surface area contributed by atoms with Gasteiger partial charge in [0.15, 0.2) is 0 Å². The van der Waals surface area contributed by atoms with Gasteiger partial charge in [-0.25, -0.2) is 0 Å². The second-order valence-electron chi connectivity index (χ2n) is 8.35. The molecule has 3 aliphatic heterocycles. The van der Waals surface area contributed by atoms with Crippen molar-refractivity contribution in [1.29, 1.82) is 0 Å². The number of piperidine rings is 1. The number of benzene rings is 1. The van der Waals surface area contributed by atoms with E-state index >= 15 is 0 Å². The van der Waals surface area contributed by atoms with E-state index in [1.807, 2.05) is 0 Å². The van der Waals surface area contributed by atoms with E-state index in [2.05, 4.69) is 61.9 Å². The Balaban J connectivity index is 1.78. The summed E-state index contributed by atoms with van der Waals surface area (Å²) in [6.45, 7) is 10.0. The molecule has 0 bridgehead atoms. The highest BCUT2D eigenvalue weighted by atomic mass is 16.5. The van der Waals surface area contributed by atoms with E-state index in [-0.39, 0.29) is 17.6 Å². The summed E-state index contributed by atoms with van der Waals surface area (Å²) in [5, 5.41) is 12.2. The molecule has 1 aromatic carbocycles. The fourth-order valence-corrected chi connectivity index (χ4v) is 5.89. The molecule has 4 heteroatoms. The van der Waals surface area contributed by atoms with Crippen LogP contribution in [0.4, 0.5) is 5.69 Å². The highest BCUT2D eigenvalue weighted by Crippen LogP contribution is 2.54. The average molecular weight is 329 g/mol. The number of hydrogen-bond acceptors (Lipinski definition) is 4. The molecule has 0 amide bonds. The van der Waals surface area contributed by atoms with Crippen molar-refractivity contribution >= 4 is 5.69 Å². The third-order valence-electron chi connectivity index (χ3n) is 7.25. The van der Waals surface area contributed by atoms with E-state index in [4.69, 9.17) is 0 Å². The largest absolute Gasteiger partial charge is 0.365 e. The second kappa shape index (κ2) is 5.72. The van der Waals surface area contributed by atoms with Crippen LogP contribution in [0.3, 0.4) is 0 Å². The number of anilines is 1. The smallest absolute Gasteiger partial charge is 0.0474 e. The molecule has 132 valence electrons. The lowest BCUT2D eigenvalue weighted by molar-refractivity contribution is -0.135. The van der Waals surface area contributed by atoms with E-state index in [9.17, 15) is 5.21 Å². The Labute approximate surface area is 146 Å². The molecule has 4 rings (SSSR count). The minimum absolute atomic E-state index is 0.189. The van der Waals surface area contributed by atoms with Crippen LogP contribution in [0.5, 0.6) is 0 Å². The van der Waals surface area contributed by atoms with Gasteiger partial charge in [-0.2, -0.15) is 5.06 Å². The summed E-state index contributed by atoms with van der Waals surface area (Å²) in [5.41, 5.74) is 2.96. The monoisotopic (exact) mass is 329 g/mol. The summed E-state index contributed by atoms with van der Waals surface area (Å²) < 4.78 is 0. The van der Waals surface area contributed by atoms with Gasteiger partial charge in [-0.3, -0.25) is 0 Å². The number of rotatable bonds is 1. The van der Waals surface area contributed by atoms with Crippen LogP contribution in [0.25, 0.3) is 0 Å². The number of nitrogens with zero attached hydrogens (tertiary/aromatic N) is 3. The summed E-state index contributed by atoms with van der Waals surface area (Å²) in [5.74, 6) is 1.10. The summed E-state index contributed by atoms with van der Waals surface area (Å²) in [6, 6.07) is 9.32. The van der Waals surface area contributed by atoms with Crippen LogP contribution in [-0.4, -0.2) is 59.5 Å². The van der Waals surface area contributed by atoms with Crippen LogP contribution in [0, 0.1) is 18.8 Å². The Morgan fingerprint density at radius 2 is 1.75 bits per heavy atom. The SMILES string of the molecule is Cc1ccccc1N1CC2C(C)N(O)C(C)C2C12CCN(C)CC2. The Morgan fingerprint density at radius 1 is 1.08 bits per heavy atom. The number of likely N-dealkylation sites (tertiary alicyclic amines) is 1. The van der Waals surface area contributed by atoms with Crippen LogP contribution < -0.4 is 4.90 Å². The molecule has 4 atom stereocenters. The topological polar surface area (TPSA) is 30.0 Å². The first-order valence-electron chi connectivity index (χ1n) is 9.45. The Morgan fingerprint density at radius 3 is 2.42 bits per heavy atom. The van der Waals surface area contributed by atoms with Crippen LogP contribution in [-0.2, 0) is 0 Å². The molecule has 0 saturated carbocycles. The normalized spacial score (nSPS) is 36.5. The maximum Gasteiger partial charge on any atom is 0.0474 e. The molecule has 0 radical (unpaired) electrons. The fourth-order valence-electron chi connectivity index (χ4n) is 5.89. The van der Waals surface area contributed by atoms with Gasteiger partial charge in [-0.15, -0.1) is 0 Å². The number of hydroxylamine groups is 2. The molecular weight excluding hydrogens is 298 g/mol. The van der Waals surface area contributed by atoms with Crippen molar-refractivity contribution in [2.75, 3.05) is 31.6 Å². The zero-order chi connectivity index (χ0) is 17.1. The van der Waals surface area contributed by atoms with Gasteiger partial charge in [0.25, 0.3) is 0 Å². The third-order valence-corrected chi connectivity index (χ3v) is 7.25. The predicted octanol–water partition coefficient (Wildman–Crippen LogP) is 2.99. The van der Waals surface area contributed by atoms with Crippen LogP contribution in [0.2, 0.25) is 0 Å². The Kier molecular flexibility index (Phi) is 3.90. The number of fused-ring (bicyclic) bond motifs is 2. The van der Waals surface area contributed by atoms with Crippen molar-refractivity contribution in [2.24, 2.45) is 11.8 Å². The molecule has 0 aromatic heterocycles. The summed E-state index contributed by atoms with van der Waals surface area (Å²) in [6.07, 6.45) is 2.40. The Hall–Kier alpha value is -1.10. The lowest BCUT2D eigenvalue weighted by atomic mass is 9.71. The molecule has 1 N–H and O–H groups in total. The van der Waals surface area contributed by atoms with E-state index < -0.39 is 0 Å². The first kappa shape index (κ1) is 16.4. The van der Waals surface area contributed by atoms with Crippen molar-refractivity contribution in [3.63, 3.8) is 0 Å². The van der Waals surface area contributed by atoms with E-state index in [1.54, 1.807) is 5.06 Å². The maximum absolute atomic E-state index is 10.6. The van der Waals surface area contributed by atoms with Crippen molar-refractivity contribution in [2.45, 2.75) is 51.2 Å². The molecule has 3 fully saturated rings. The van der Waals surface area contributed by atoms with Crippen molar-refractivity contribution in [3.8, 4) is 0 Å². The maximum atomic E-state index is 10.6. The molecule has 4 unspecified atom stereocenters. The highest BCUT2D eigenvalue weighted by molar-refractivity contribution is 5.57. The molecule has 0 aliphatic carbocycles. The molecule has 1 spiro atoms. The van der Waals surface area contributed by atoms with Crippen molar-refractivity contribution in [3.05, 3.63) is 29.8 Å². The molecule has 3 aliphatic rings. The lowest BCUT2D eigenvalue weighted by Gasteiger charge is -2.50. The van der Waals surface area contributed by atoms with Gasteiger partial charge in [0.05, 0.1) is 0 Å². The van der Waals surface area contributed by atoms with Gasteiger partial charge in [-0.05, 0) is 52.3 Å². The molecule has 3 saturated heterocycles. The fraction of sp³-hybridized carbons (Fsp3) is 0.700. The zero-order valence-corrected chi connectivity index (χ0v) is 15.4. The first-order chi connectivity index (χ1) is 11.5. The van der Waals surface area contributed by atoms with E-state index in [0.29, 0.717) is 11.8 Å². The predicted molar refractivity (Wildman–Crippen MR) is 97.5 cm³/mol. The van der Waals surface area contributed by atoms with Crippen LogP contribution in [0.1, 0.15) is 32.3 Å². The number of para-hydroxylation sites is 1. The van der Waals surface area contributed by atoms with Gasteiger partial charge >= 0.3 is 0 Å². The molecule has 24 heavy (non-hydrogen) atoms. The zero-order valence-electron chi connectivity index (χ0n) is 15.4. The lowest BCUT2D eigenvalue weighted by Crippen LogP contribution is -2.57. The number of hydrogen-bond donors (Lipinski definition) is 1. The van der Waals surface area contributed by atoms with Gasteiger partial charge < -0.3 is 15.0 Å². The van der Waals surface area contributed by atoms with Crippen molar-refractivity contribution in [1.82, 2.24) is 9.96 Å². The summed E-state index contributed by atoms with van der Waals surface area (Å²) in [4.78, 5) is 5.18. The second-order valence-corrected chi connectivity index (χ2v) is 8.35. The minimum Gasteiger partial charge on any atom is -0.365 e. The first-order valence-corrected chi connectivity index (χ1v) is 9.45. The van der Waals surface area contributed by atoms with Crippen LogP contribution in [0.15, 0.2) is 24.3 Å². The average Bonchev–Trinajstić information content (AvgIpc) is 3.00. The standard InChI is InChI=1S/C20H31N3O/c1-14-7-5-6-8-18(14)22-13-17-15(2)23(24)16(3)19(17)20(22)9-11-21(4)12-10-20/h5-8,15-17,19,24H,9-13H2,1-4H3. The van der Waals surface area contributed by atoms with Crippen molar-refractivity contribution < 1.29 is 5.21 Å². The minimum atomic E-state index is 0.189. The molecule has 4 nitrogen and oxygen atoms in total. The third kappa shape index (κ3) is 2.16. The quantitative estimate of drug-likeness (QED) is 0.858. The van der Waals surface area contributed by atoms with E-state index in [1.165, 1.54) is 24.1 Å². The van der Waals surface area contributed by atoms with E-state index in [0.717, 1.165) is 19.6 Å². The number of aryl methyl sites for hydroxylation is 1. The molecule has 1 aromatic rings. The summed E-state index contributed by atoms with van der Waals surface area (Å²) >= 11 is 0. The Bertz CT molecular complexity index is 611. The van der Waals surface area contributed by atoms with Gasteiger partial charge in [0.1, 0.15) is 0 Å². The highest BCUT2D eigenvalue weighted by Gasteiger charge is 2.62. The van der Waals surface area contributed by atoms with Crippen LogP contribution >= 0.6 is 0 Å². The summed E-state index contributed by atoms with van der Waals surface area (Å²) in [7, 11) is 2.23. The van der Waals surface area contributed by atoms with Gasteiger partial charge in [0, 0.05) is 54.8 Å². The van der Waals surface area contributed by atoms with Gasteiger partial charge in [0.2, 0.25) is 0 Å². The van der Waals surface area contributed by atoms with Gasteiger partial charge in [-0.1, -0.05) is 18.2 Å². The molecule has 3 heterocycles.